The molecule has 0 saturated carbocycles. The number of piperidine rings is 1. The standard InChI is InChI=1S/C27H28F3N7O4/c1-26(2)40-15-20(41-26)14-39-19-10-32-24(33-11-19)35-25(38)37-18-7-4-8-36(13-18)21-12-31-22(34-23(21)37)16-5-3-6-17(9-16)27(28,29)30/h3,5-6,9-12,18,20H,4,7-8,13-15H2,1-2H3,(H,32,33,35,38). The van der Waals surface area contributed by atoms with Crippen LogP contribution >= 0.6 is 0 Å². The molecule has 1 aromatic carbocycles. The number of alkyl halides is 3. The van der Waals surface area contributed by atoms with E-state index in [4.69, 9.17) is 14.2 Å². The molecule has 0 radical (unpaired) electrons. The highest BCUT2D eigenvalue weighted by molar-refractivity contribution is 6.03. The maximum atomic E-state index is 13.6. The predicted molar refractivity (Wildman–Crippen MR) is 142 cm³/mol. The van der Waals surface area contributed by atoms with Crippen LogP contribution in [0.2, 0.25) is 0 Å². The lowest BCUT2D eigenvalue weighted by molar-refractivity contribution is -0.141. The van der Waals surface area contributed by atoms with Gasteiger partial charge in [0.1, 0.15) is 12.7 Å². The number of urea groups is 1. The Labute approximate surface area is 233 Å². The first-order valence-electron chi connectivity index (χ1n) is 13.2. The SMILES string of the molecule is CC1(C)OCC(COc2cnc(NC(=O)N3c4nc(-c5cccc(C(F)(F)F)c5)ncc4N4CCCC3C4)nc2)O1. The van der Waals surface area contributed by atoms with Gasteiger partial charge in [0.05, 0.1) is 42.5 Å². The number of fused-ring (bicyclic) bond motifs is 4. The number of nitrogens with zero attached hydrogens (tertiary/aromatic N) is 6. The van der Waals surface area contributed by atoms with E-state index in [2.05, 4.69) is 30.2 Å². The topological polar surface area (TPSA) is 115 Å². The molecule has 1 N–H and O–H groups in total. The van der Waals surface area contributed by atoms with Crippen LogP contribution in [0.15, 0.2) is 42.9 Å². The molecule has 2 unspecified atom stereocenters. The van der Waals surface area contributed by atoms with Gasteiger partial charge in [0.25, 0.3) is 0 Å². The van der Waals surface area contributed by atoms with Crippen molar-refractivity contribution in [3.05, 3.63) is 48.4 Å². The maximum Gasteiger partial charge on any atom is 0.416 e. The fraction of sp³-hybridized carbons (Fsp3) is 0.444. The quantitative estimate of drug-likeness (QED) is 0.473. The van der Waals surface area contributed by atoms with E-state index >= 15 is 0 Å². The van der Waals surface area contributed by atoms with Gasteiger partial charge in [-0.3, -0.25) is 10.2 Å². The van der Waals surface area contributed by atoms with Gasteiger partial charge in [-0.15, -0.1) is 0 Å². The summed E-state index contributed by atoms with van der Waals surface area (Å²) >= 11 is 0. The first-order valence-corrected chi connectivity index (χ1v) is 13.2. The zero-order valence-corrected chi connectivity index (χ0v) is 22.4. The average Bonchev–Trinajstić information content (AvgIpc) is 3.30. The number of rotatable bonds is 5. The average molecular weight is 572 g/mol. The van der Waals surface area contributed by atoms with Gasteiger partial charge in [-0.05, 0) is 38.8 Å². The second-order valence-electron chi connectivity index (χ2n) is 10.5. The number of aromatic nitrogens is 4. The Bertz CT molecular complexity index is 1440. The highest BCUT2D eigenvalue weighted by atomic mass is 19.4. The summed E-state index contributed by atoms with van der Waals surface area (Å²) in [5.41, 5.74) is 0.0348. The van der Waals surface area contributed by atoms with E-state index in [1.807, 2.05) is 13.8 Å². The van der Waals surface area contributed by atoms with Gasteiger partial charge < -0.3 is 19.1 Å². The number of anilines is 3. The molecule has 14 heteroatoms. The predicted octanol–water partition coefficient (Wildman–Crippen LogP) is 4.50. The van der Waals surface area contributed by atoms with E-state index in [1.165, 1.54) is 29.4 Å². The van der Waals surface area contributed by atoms with Crippen molar-refractivity contribution in [2.24, 2.45) is 0 Å². The molecule has 216 valence electrons. The number of hydrogen-bond donors (Lipinski definition) is 1. The van der Waals surface area contributed by atoms with Crippen molar-refractivity contribution in [1.29, 1.82) is 0 Å². The van der Waals surface area contributed by atoms with Gasteiger partial charge in [0, 0.05) is 18.7 Å². The molecule has 0 aliphatic carbocycles. The molecule has 2 aromatic heterocycles. The van der Waals surface area contributed by atoms with Crippen molar-refractivity contribution in [2.45, 2.75) is 50.8 Å². The molecule has 2 fully saturated rings. The molecular formula is C27H28F3N7O4. The molecule has 0 spiro atoms. The Morgan fingerprint density at radius 2 is 2.00 bits per heavy atom. The third kappa shape index (κ3) is 5.75. The third-order valence-corrected chi connectivity index (χ3v) is 7.10. The van der Waals surface area contributed by atoms with Crippen LogP contribution in [0.25, 0.3) is 11.4 Å². The summed E-state index contributed by atoms with van der Waals surface area (Å²) in [5, 5.41) is 2.72. The molecule has 3 aromatic rings. The Hall–Kier alpha value is -4.04. The van der Waals surface area contributed by atoms with Crippen molar-refractivity contribution >= 4 is 23.5 Å². The summed E-state index contributed by atoms with van der Waals surface area (Å²) in [7, 11) is 0. The van der Waals surface area contributed by atoms with E-state index in [0.29, 0.717) is 30.4 Å². The minimum Gasteiger partial charge on any atom is -0.488 e. The first kappa shape index (κ1) is 27.1. The molecule has 5 heterocycles. The Kier molecular flexibility index (Phi) is 6.90. The number of halogens is 3. The van der Waals surface area contributed by atoms with Gasteiger partial charge in [-0.25, -0.2) is 24.7 Å². The lowest BCUT2D eigenvalue weighted by atomic mass is 10.0. The van der Waals surface area contributed by atoms with Gasteiger partial charge in [0.15, 0.2) is 23.2 Å². The zero-order chi connectivity index (χ0) is 28.8. The summed E-state index contributed by atoms with van der Waals surface area (Å²) < 4.78 is 56.9. The molecule has 6 rings (SSSR count). The van der Waals surface area contributed by atoms with Crippen molar-refractivity contribution in [2.75, 3.05) is 41.4 Å². The summed E-state index contributed by atoms with van der Waals surface area (Å²) in [6.07, 6.45) is 1.33. The van der Waals surface area contributed by atoms with Crippen LogP contribution in [0.3, 0.4) is 0 Å². The van der Waals surface area contributed by atoms with E-state index in [9.17, 15) is 18.0 Å². The lowest BCUT2D eigenvalue weighted by Crippen LogP contribution is -2.56. The molecule has 41 heavy (non-hydrogen) atoms. The number of nitrogens with one attached hydrogen (secondary N) is 1. The van der Waals surface area contributed by atoms with Gasteiger partial charge in [-0.2, -0.15) is 13.2 Å². The van der Waals surface area contributed by atoms with Crippen molar-refractivity contribution < 1.29 is 32.2 Å². The summed E-state index contributed by atoms with van der Waals surface area (Å²) in [6, 6.07) is 4.12. The van der Waals surface area contributed by atoms with E-state index in [0.717, 1.165) is 31.5 Å². The van der Waals surface area contributed by atoms with Crippen LogP contribution in [0.4, 0.5) is 35.4 Å². The molecular weight excluding hydrogens is 543 g/mol. The highest BCUT2D eigenvalue weighted by Crippen LogP contribution is 2.39. The first-order chi connectivity index (χ1) is 19.6. The molecule has 2 amide bonds. The number of carbonyl (C=O) groups excluding carboxylic acids is 1. The normalized spacial score (nSPS) is 21.4. The van der Waals surface area contributed by atoms with Crippen LogP contribution in [-0.2, 0) is 15.7 Å². The van der Waals surface area contributed by atoms with Crippen molar-refractivity contribution in [1.82, 2.24) is 19.9 Å². The number of amides is 2. The van der Waals surface area contributed by atoms with Gasteiger partial charge >= 0.3 is 12.2 Å². The van der Waals surface area contributed by atoms with E-state index in [-0.39, 0.29) is 36.1 Å². The second kappa shape index (κ2) is 10.4. The monoisotopic (exact) mass is 571 g/mol. The zero-order valence-electron chi connectivity index (χ0n) is 22.4. The van der Waals surface area contributed by atoms with E-state index in [1.54, 1.807) is 6.20 Å². The highest BCUT2D eigenvalue weighted by Gasteiger charge is 2.39. The minimum atomic E-state index is -4.50. The van der Waals surface area contributed by atoms with Crippen LogP contribution in [-0.4, -0.2) is 70.2 Å². The lowest BCUT2D eigenvalue weighted by Gasteiger charge is -2.45. The summed E-state index contributed by atoms with van der Waals surface area (Å²) in [6.45, 7) is 5.69. The molecule has 2 bridgehead atoms. The van der Waals surface area contributed by atoms with Gasteiger partial charge in [0.2, 0.25) is 5.95 Å². The minimum absolute atomic E-state index is 0.0656. The fourth-order valence-electron chi connectivity index (χ4n) is 5.21. The Morgan fingerprint density at radius 1 is 1.20 bits per heavy atom. The molecule has 2 saturated heterocycles. The molecule has 2 atom stereocenters. The Balaban J connectivity index is 1.21. The van der Waals surface area contributed by atoms with Crippen molar-refractivity contribution in [3.8, 4) is 17.1 Å². The van der Waals surface area contributed by atoms with Crippen LogP contribution < -0.4 is 19.9 Å². The summed E-state index contributed by atoms with van der Waals surface area (Å²) in [4.78, 5) is 34.5. The second-order valence-corrected chi connectivity index (χ2v) is 10.5. The molecule has 3 aliphatic rings. The number of ether oxygens (including phenoxy) is 3. The molecule has 11 nitrogen and oxygen atoms in total. The third-order valence-electron chi connectivity index (χ3n) is 7.10. The summed E-state index contributed by atoms with van der Waals surface area (Å²) in [5.74, 6) is 0.228. The van der Waals surface area contributed by atoms with Crippen molar-refractivity contribution in [3.63, 3.8) is 0 Å². The number of hydrogen-bond acceptors (Lipinski definition) is 9. The van der Waals surface area contributed by atoms with E-state index < -0.39 is 23.6 Å². The van der Waals surface area contributed by atoms with Gasteiger partial charge in [-0.1, -0.05) is 12.1 Å². The number of carbonyl (C=O) groups is 1. The largest absolute Gasteiger partial charge is 0.488 e. The fourth-order valence-corrected chi connectivity index (χ4v) is 5.21. The van der Waals surface area contributed by atoms with Crippen LogP contribution in [0.1, 0.15) is 32.3 Å². The van der Waals surface area contributed by atoms with Crippen LogP contribution in [0.5, 0.6) is 5.75 Å². The maximum absolute atomic E-state index is 13.6. The molecule has 3 aliphatic heterocycles. The Morgan fingerprint density at radius 3 is 2.73 bits per heavy atom. The number of benzene rings is 1. The van der Waals surface area contributed by atoms with Crippen LogP contribution in [0, 0.1) is 0 Å². The smallest absolute Gasteiger partial charge is 0.416 e.